The van der Waals surface area contributed by atoms with Crippen molar-refractivity contribution < 1.29 is 15.0 Å². The van der Waals surface area contributed by atoms with Crippen LogP contribution in [0.5, 0.6) is 0 Å². The second-order valence-corrected chi connectivity index (χ2v) is 17.7. The summed E-state index contributed by atoms with van der Waals surface area (Å²) in [4.78, 5) is 10.5. The molecular formula is C43H74O3. The van der Waals surface area contributed by atoms with Crippen LogP contribution in [-0.2, 0) is 4.79 Å². The molecule has 3 saturated carbocycles. The lowest BCUT2D eigenvalue weighted by Gasteiger charge is -2.66. The Balaban J connectivity index is 1.27. The van der Waals surface area contributed by atoms with Crippen molar-refractivity contribution in [3.63, 3.8) is 0 Å². The minimum Gasteiger partial charge on any atom is -0.478 e. The van der Waals surface area contributed by atoms with Crippen LogP contribution in [0.2, 0.25) is 0 Å². The van der Waals surface area contributed by atoms with Crippen molar-refractivity contribution in [3.05, 3.63) is 23.8 Å². The van der Waals surface area contributed by atoms with E-state index in [2.05, 4.69) is 40.7 Å². The third kappa shape index (κ3) is 8.92. The molecule has 0 radical (unpaired) electrons. The van der Waals surface area contributed by atoms with Crippen LogP contribution in [0.4, 0.5) is 0 Å². The van der Waals surface area contributed by atoms with Gasteiger partial charge >= 0.3 is 5.97 Å². The van der Waals surface area contributed by atoms with Gasteiger partial charge in [-0.15, -0.1) is 0 Å². The van der Waals surface area contributed by atoms with E-state index in [0.29, 0.717) is 16.2 Å². The number of hydrogen-bond donors (Lipinski definition) is 2. The molecule has 3 nitrogen and oxygen atoms in total. The van der Waals surface area contributed by atoms with Gasteiger partial charge in [0.1, 0.15) is 0 Å². The number of aliphatic hydroxyl groups is 1. The van der Waals surface area contributed by atoms with E-state index >= 15 is 0 Å². The molecule has 0 bridgehead atoms. The number of allylic oxidation sites excluding steroid dienone is 2. The molecule has 264 valence electrons. The van der Waals surface area contributed by atoms with Crippen LogP contribution < -0.4 is 0 Å². The van der Waals surface area contributed by atoms with Gasteiger partial charge in [-0.05, 0) is 116 Å². The molecular weight excluding hydrogens is 564 g/mol. The minimum absolute atomic E-state index is 0.120. The summed E-state index contributed by atoms with van der Waals surface area (Å²) in [5.41, 5.74) is 2.91. The van der Waals surface area contributed by atoms with Crippen LogP contribution in [0.3, 0.4) is 0 Å². The fourth-order valence-electron chi connectivity index (χ4n) is 11.9. The van der Waals surface area contributed by atoms with Crippen LogP contribution in [0.25, 0.3) is 0 Å². The molecule has 0 aliphatic heterocycles. The lowest BCUT2D eigenvalue weighted by molar-refractivity contribution is -0.134. The van der Waals surface area contributed by atoms with Crippen molar-refractivity contribution in [1.82, 2.24) is 0 Å². The summed E-state index contributed by atoms with van der Waals surface area (Å²) in [6.07, 6.45) is 37.0. The molecule has 0 aromatic heterocycles. The number of unbranched alkanes of at least 4 members (excludes halogenated alkanes) is 11. The first kappa shape index (κ1) is 37.7. The van der Waals surface area contributed by atoms with Crippen molar-refractivity contribution in [2.75, 3.05) is 0 Å². The molecule has 2 N–H and O–H groups in total. The third-order valence-corrected chi connectivity index (χ3v) is 14.5. The van der Waals surface area contributed by atoms with Gasteiger partial charge in [-0.1, -0.05) is 136 Å². The van der Waals surface area contributed by atoms with Gasteiger partial charge in [-0.2, -0.15) is 0 Å². The highest BCUT2D eigenvalue weighted by molar-refractivity contribution is 5.79. The Kier molecular flexibility index (Phi) is 14.4. The van der Waals surface area contributed by atoms with Crippen LogP contribution in [0.1, 0.15) is 189 Å². The van der Waals surface area contributed by atoms with Gasteiger partial charge in [0, 0.05) is 6.08 Å². The van der Waals surface area contributed by atoms with Crippen LogP contribution in [-0.4, -0.2) is 22.3 Å². The Morgan fingerprint density at radius 1 is 0.826 bits per heavy atom. The van der Waals surface area contributed by atoms with Gasteiger partial charge in [0.15, 0.2) is 0 Å². The van der Waals surface area contributed by atoms with Crippen LogP contribution in [0, 0.1) is 45.8 Å². The number of hydrogen-bond acceptors (Lipinski definition) is 2. The highest BCUT2D eigenvalue weighted by atomic mass is 16.4. The molecule has 0 spiro atoms. The fraction of sp³-hybridized carbons (Fsp3) is 0.884. The smallest absolute Gasteiger partial charge is 0.327 e. The van der Waals surface area contributed by atoms with E-state index in [-0.39, 0.29) is 6.10 Å². The Morgan fingerprint density at radius 3 is 2.13 bits per heavy atom. The van der Waals surface area contributed by atoms with E-state index in [0.717, 1.165) is 55.3 Å². The topological polar surface area (TPSA) is 57.5 Å². The molecule has 0 aromatic carbocycles. The van der Waals surface area contributed by atoms with Gasteiger partial charge in [0.25, 0.3) is 0 Å². The standard InChI is InChI=1S/C43H74O3/c1-33(2)20-19-21-34(3)37-25-26-38-39-24-23-35-32-36(44)27-29-42(35,5)43(39,31-30-41(37,38)4)28-18-16-14-12-10-8-6-7-9-11-13-15-17-22-40(45)46/h17,22-23,33-34,36-39,44H,6-16,18-21,24-32H2,1-5H3,(H,45,46)/b22-17+/t34-,36+,37-,38+,39+,41-,42+,43+/m1/s1. The van der Waals surface area contributed by atoms with Gasteiger partial charge in [-0.25, -0.2) is 4.79 Å². The van der Waals surface area contributed by atoms with E-state index in [9.17, 15) is 9.90 Å². The van der Waals surface area contributed by atoms with E-state index in [1.165, 1.54) is 134 Å². The summed E-state index contributed by atoms with van der Waals surface area (Å²) in [5.74, 6) is 3.51. The maximum atomic E-state index is 10.7. The predicted octanol–water partition coefficient (Wildman–Crippen LogP) is 12.5. The summed E-state index contributed by atoms with van der Waals surface area (Å²) in [6.45, 7) is 12.8. The Hall–Kier alpha value is -1.09. The predicted molar refractivity (Wildman–Crippen MR) is 195 cm³/mol. The maximum absolute atomic E-state index is 10.7. The highest BCUT2D eigenvalue weighted by Gasteiger charge is 2.65. The third-order valence-electron chi connectivity index (χ3n) is 14.5. The van der Waals surface area contributed by atoms with Gasteiger partial charge in [0.05, 0.1) is 6.10 Å². The molecule has 0 saturated heterocycles. The molecule has 3 heteroatoms. The number of carbonyl (C=O) groups is 1. The molecule has 0 amide bonds. The van der Waals surface area contributed by atoms with Crippen molar-refractivity contribution in [2.24, 2.45) is 45.8 Å². The second-order valence-electron chi connectivity index (χ2n) is 17.7. The molecule has 4 aliphatic rings. The zero-order chi connectivity index (χ0) is 33.2. The summed E-state index contributed by atoms with van der Waals surface area (Å²) >= 11 is 0. The van der Waals surface area contributed by atoms with E-state index in [1.54, 1.807) is 11.6 Å². The first-order chi connectivity index (χ1) is 22.0. The van der Waals surface area contributed by atoms with Gasteiger partial charge in [-0.3, -0.25) is 0 Å². The largest absolute Gasteiger partial charge is 0.478 e. The molecule has 0 heterocycles. The fourth-order valence-corrected chi connectivity index (χ4v) is 11.9. The molecule has 3 fully saturated rings. The number of aliphatic hydroxyl groups excluding tert-OH is 1. The van der Waals surface area contributed by atoms with E-state index in [4.69, 9.17) is 5.11 Å². The summed E-state index contributed by atoms with van der Waals surface area (Å²) in [6, 6.07) is 0. The second kappa shape index (κ2) is 17.5. The maximum Gasteiger partial charge on any atom is 0.327 e. The van der Waals surface area contributed by atoms with Crippen molar-refractivity contribution in [2.45, 2.75) is 195 Å². The van der Waals surface area contributed by atoms with E-state index in [1.807, 2.05) is 0 Å². The first-order valence-electron chi connectivity index (χ1n) is 20.3. The molecule has 8 atom stereocenters. The van der Waals surface area contributed by atoms with Crippen LogP contribution in [0.15, 0.2) is 23.8 Å². The lowest BCUT2D eigenvalue weighted by atomic mass is 9.39. The average molecular weight is 639 g/mol. The minimum atomic E-state index is -0.833. The lowest BCUT2D eigenvalue weighted by Crippen LogP contribution is -2.58. The SMILES string of the molecule is CC(C)CCC[C@@H](C)[C@H]1CC[C@H]2[C@@H]3CC=C4C[C@@H](O)CC[C@]4(C)[C@@]3(CCCCCCCCCCCCC/C=C/C(=O)O)CC[C@]12C. The zero-order valence-corrected chi connectivity index (χ0v) is 31.0. The quantitative estimate of drug-likeness (QED) is 0.0792. The van der Waals surface area contributed by atoms with Crippen LogP contribution >= 0.6 is 0 Å². The number of fused-ring (bicyclic) bond motifs is 5. The normalized spacial score (nSPS) is 34.7. The zero-order valence-electron chi connectivity index (χ0n) is 31.0. The van der Waals surface area contributed by atoms with Gasteiger partial charge < -0.3 is 10.2 Å². The summed E-state index contributed by atoms with van der Waals surface area (Å²) in [5, 5.41) is 19.4. The van der Waals surface area contributed by atoms with Gasteiger partial charge in [0.2, 0.25) is 0 Å². The molecule has 4 rings (SSSR count). The Morgan fingerprint density at radius 2 is 1.48 bits per heavy atom. The first-order valence-corrected chi connectivity index (χ1v) is 20.3. The number of rotatable bonds is 20. The summed E-state index contributed by atoms with van der Waals surface area (Å²) in [7, 11) is 0. The van der Waals surface area contributed by atoms with Crippen molar-refractivity contribution in [3.8, 4) is 0 Å². The molecule has 0 unspecified atom stereocenters. The molecule has 4 aliphatic carbocycles. The molecule has 0 aromatic rings. The Labute approximate surface area is 284 Å². The summed E-state index contributed by atoms with van der Waals surface area (Å²) < 4.78 is 0. The molecule has 46 heavy (non-hydrogen) atoms. The number of carboxylic acid groups (broad SMARTS) is 1. The Bertz CT molecular complexity index is 996. The average Bonchev–Trinajstić information content (AvgIpc) is 3.36. The van der Waals surface area contributed by atoms with E-state index < -0.39 is 5.97 Å². The number of carboxylic acids is 1. The van der Waals surface area contributed by atoms with Crippen molar-refractivity contribution in [1.29, 1.82) is 0 Å². The van der Waals surface area contributed by atoms with Crippen molar-refractivity contribution >= 4 is 5.97 Å². The monoisotopic (exact) mass is 639 g/mol. The highest BCUT2D eigenvalue weighted by Crippen LogP contribution is 2.73. The number of aliphatic carboxylic acids is 1.